The molecule has 1 atom stereocenters. The average molecular weight is 270 g/mol. The highest BCUT2D eigenvalue weighted by molar-refractivity contribution is 5.79. The van der Waals surface area contributed by atoms with Crippen LogP contribution < -0.4 is 11.1 Å². The molecule has 3 rings (SSSR count). The van der Waals surface area contributed by atoms with Crippen LogP contribution in [0.4, 0.5) is 5.69 Å². The third-order valence-corrected chi connectivity index (χ3v) is 4.35. The number of nitrogen functional groups attached to an aromatic ring is 1. The SMILES string of the molecule is Nc1ccc2c(c1)CCC2NC(=O)CC1=CCCCC1. The second kappa shape index (κ2) is 5.70. The highest BCUT2D eigenvalue weighted by atomic mass is 16.1. The number of hydrogen-bond acceptors (Lipinski definition) is 2. The van der Waals surface area contributed by atoms with Gasteiger partial charge >= 0.3 is 0 Å². The molecule has 2 aliphatic rings. The van der Waals surface area contributed by atoms with Crippen LogP contribution in [0.5, 0.6) is 0 Å². The number of benzene rings is 1. The van der Waals surface area contributed by atoms with Crippen molar-refractivity contribution in [1.29, 1.82) is 0 Å². The topological polar surface area (TPSA) is 55.1 Å². The number of allylic oxidation sites excluding steroid dienone is 1. The third kappa shape index (κ3) is 2.87. The Kier molecular flexibility index (Phi) is 3.77. The minimum absolute atomic E-state index is 0.160. The molecule has 0 aliphatic heterocycles. The number of fused-ring (bicyclic) bond motifs is 1. The smallest absolute Gasteiger partial charge is 0.224 e. The Balaban J connectivity index is 1.62. The number of nitrogens with one attached hydrogen (secondary N) is 1. The summed E-state index contributed by atoms with van der Waals surface area (Å²) in [6.45, 7) is 0. The number of rotatable bonds is 3. The standard InChI is InChI=1S/C17H22N2O/c18-14-7-8-15-13(11-14)6-9-16(15)19-17(20)10-12-4-2-1-3-5-12/h4,7-8,11,16H,1-3,5-6,9-10,18H2,(H,19,20). The Bertz CT molecular complexity index is 548. The fraction of sp³-hybridized carbons (Fsp3) is 0.471. The maximum absolute atomic E-state index is 12.2. The van der Waals surface area contributed by atoms with Crippen LogP contribution >= 0.6 is 0 Å². The maximum atomic E-state index is 12.2. The van der Waals surface area contributed by atoms with E-state index >= 15 is 0 Å². The fourth-order valence-corrected chi connectivity index (χ4v) is 3.30. The van der Waals surface area contributed by atoms with Crippen LogP contribution in [0.2, 0.25) is 0 Å². The van der Waals surface area contributed by atoms with E-state index in [9.17, 15) is 4.79 Å². The molecule has 0 saturated carbocycles. The van der Waals surface area contributed by atoms with E-state index in [1.165, 1.54) is 29.5 Å². The first-order valence-electron chi connectivity index (χ1n) is 7.58. The number of amides is 1. The first kappa shape index (κ1) is 13.2. The van der Waals surface area contributed by atoms with Crippen molar-refractivity contribution < 1.29 is 4.79 Å². The summed E-state index contributed by atoms with van der Waals surface area (Å²) in [7, 11) is 0. The summed E-state index contributed by atoms with van der Waals surface area (Å²) in [5.41, 5.74) is 10.4. The summed E-state index contributed by atoms with van der Waals surface area (Å²) < 4.78 is 0. The van der Waals surface area contributed by atoms with Crippen molar-refractivity contribution in [2.75, 3.05) is 5.73 Å². The molecule has 106 valence electrons. The maximum Gasteiger partial charge on any atom is 0.224 e. The van der Waals surface area contributed by atoms with Crippen molar-refractivity contribution in [1.82, 2.24) is 5.32 Å². The van der Waals surface area contributed by atoms with Gasteiger partial charge in [-0.25, -0.2) is 0 Å². The number of carbonyl (C=O) groups is 1. The first-order chi connectivity index (χ1) is 9.72. The van der Waals surface area contributed by atoms with Crippen molar-refractivity contribution >= 4 is 11.6 Å². The van der Waals surface area contributed by atoms with Crippen molar-refractivity contribution in [2.24, 2.45) is 0 Å². The van der Waals surface area contributed by atoms with Gasteiger partial charge in [0.05, 0.1) is 6.04 Å². The minimum atomic E-state index is 0.160. The van der Waals surface area contributed by atoms with Crippen molar-refractivity contribution in [3.05, 3.63) is 41.0 Å². The van der Waals surface area contributed by atoms with Gasteiger partial charge in [-0.05, 0) is 61.8 Å². The van der Waals surface area contributed by atoms with Crippen molar-refractivity contribution in [3.63, 3.8) is 0 Å². The van der Waals surface area contributed by atoms with E-state index in [1.54, 1.807) is 0 Å². The molecule has 1 aromatic carbocycles. The van der Waals surface area contributed by atoms with Crippen LogP contribution in [0.15, 0.2) is 29.8 Å². The minimum Gasteiger partial charge on any atom is -0.399 e. The lowest BCUT2D eigenvalue weighted by Gasteiger charge is -2.17. The van der Waals surface area contributed by atoms with Gasteiger partial charge in [-0.15, -0.1) is 0 Å². The molecule has 0 radical (unpaired) electrons. The highest BCUT2D eigenvalue weighted by Crippen LogP contribution is 2.32. The normalized spacial score (nSPS) is 21.2. The molecule has 1 unspecified atom stereocenters. The number of aryl methyl sites for hydroxylation is 1. The predicted octanol–water partition coefficient (Wildman–Crippen LogP) is 3.26. The van der Waals surface area contributed by atoms with Crippen LogP contribution in [-0.4, -0.2) is 5.91 Å². The lowest BCUT2D eigenvalue weighted by Crippen LogP contribution is -2.27. The van der Waals surface area contributed by atoms with Gasteiger partial charge in [0.2, 0.25) is 5.91 Å². The average Bonchev–Trinajstić information content (AvgIpc) is 2.82. The molecule has 2 aliphatic carbocycles. The Morgan fingerprint density at radius 3 is 3.00 bits per heavy atom. The van der Waals surface area contributed by atoms with Gasteiger partial charge in [-0.1, -0.05) is 17.7 Å². The van der Waals surface area contributed by atoms with Gasteiger partial charge in [0.15, 0.2) is 0 Å². The van der Waals surface area contributed by atoms with E-state index in [4.69, 9.17) is 5.73 Å². The van der Waals surface area contributed by atoms with Crippen molar-refractivity contribution in [2.45, 2.75) is 51.0 Å². The van der Waals surface area contributed by atoms with E-state index in [0.717, 1.165) is 31.4 Å². The second-order valence-corrected chi connectivity index (χ2v) is 5.90. The largest absolute Gasteiger partial charge is 0.399 e. The lowest BCUT2D eigenvalue weighted by molar-refractivity contribution is -0.121. The van der Waals surface area contributed by atoms with E-state index in [1.807, 2.05) is 12.1 Å². The number of nitrogens with two attached hydrogens (primary N) is 1. The predicted molar refractivity (Wildman–Crippen MR) is 81.2 cm³/mol. The van der Waals surface area contributed by atoms with Gasteiger partial charge < -0.3 is 11.1 Å². The van der Waals surface area contributed by atoms with Gasteiger partial charge in [-0.2, -0.15) is 0 Å². The van der Waals surface area contributed by atoms with Gasteiger partial charge in [0, 0.05) is 12.1 Å². The molecule has 1 amide bonds. The fourth-order valence-electron chi connectivity index (χ4n) is 3.30. The Hall–Kier alpha value is -1.77. The summed E-state index contributed by atoms with van der Waals surface area (Å²) in [4.78, 5) is 12.2. The van der Waals surface area contributed by atoms with Crippen LogP contribution in [0, 0.1) is 0 Å². The van der Waals surface area contributed by atoms with Gasteiger partial charge in [0.1, 0.15) is 0 Å². The summed E-state index contributed by atoms with van der Waals surface area (Å²) >= 11 is 0. The number of carbonyl (C=O) groups excluding carboxylic acids is 1. The molecule has 3 nitrogen and oxygen atoms in total. The molecule has 20 heavy (non-hydrogen) atoms. The zero-order valence-electron chi connectivity index (χ0n) is 11.8. The molecule has 0 fully saturated rings. The van der Waals surface area contributed by atoms with Crippen molar-refractivity contribution in [3.8, 4) is 0 Å². The third-order valence-electron chi connectivity index (χ3n) is 4.35. The molecule has 0 aromatic heterocycles. The molecule has 3 heteroatoms. The molecule has 0 heterocycles. The summed E-state index contributed by atoms with van der Waals surface area (Å²) in [6, 6.07) is 6.18. The summed E-state index contributed by atoms with van der Waals surface area (Å²) in [5.74, 6) is 0.160. The molecule has 0 spiro atoms. The molecule has 3 N–H and O–H groups in total. The second-order valence-electron chi connectivity index (χ2n) is 5.90. The Labute approximate surface area is 120 Å². The van der Waals surface area contributed by atoms with Crippen LogP contribution in [-0.2, 0) is 11.2 Å². The van der Waals surface area contributed by atoms with E-state index in [0.29, 0.717) is 6.42 Å². The van der Waals surface area contributed by atoms with Crippen LogP contribution in [0.1, 0.15) is 55.7 Å². The van der Waals surface area contributed by atoms with Gasteiger partial charge in [0.25, 0.3) is 0 Å². The Morgan fingerprint density at radius 1 is 1.30 bits per heavy atom. The van der Waals surface area contributed by atoms with E-state index < -0.39 is 0 Å². The lowest BCUT2D eigenvalue weighted by atomic mass is 9.97. The first-order valence-corrected chi connectivity index (χ1v) is 7.58. The molecular weight excluding hydrogens is 248 g/mol. The van der Waals surface area contributed by atoms with E-state index in [-0.39, 0.29) is 11.9 Å². The molecule has 0 bridgehead atoms. The molecule has 1 aromatic rings. The van der Waals surface area contributed by atoms with Crippen LogP contribution in [0.25, 0.3) is 0 Å². The quantitative estimate of drug-likeness (QED) is 0.654. The van der Waals surface area contributed by atoms with E-state index in [2.05, 4.69) is 17.5 Å². The zero-order chi connectivity index (χ0) is 13.9. The summed E-state index contributed by atoms with van der Waals surface area (Å²) in [6.07, 6.45) is 9.53. The molecule has 0 saturated heterocycles. The Morgan fingerprint density at radius 2 is 2.20 bits per heavy atom. The number of hydrogen-bond donors (Lipinski definition) is 2. The van der Waals surface area contributed by atoms with Gasteiger partial charge in [-0.3, -0.25) is 4.79 Å². The summed E-state index contributed by atoms with van der Waals surface area (Å²) in [5, 5.41) is 3.18. The zero-order valence-corrected chi connectivity index (χ0v) is 11.8. The monoisotopic (exact) mass is 270 g/mol. The highest BCUT2D eigenvalue weighted by Gasteiger charge is 2.24. The van der Waals surface area contributed by atoms with Crippen LogP contribution in [0.3, 0.4) is 0 Å². The molecular formula is C17H22N2O. The number of anilines is 1.